The van der Waals surface area contributed by atoms with Crippen LogP contribution in [0.1, 0.15) is 0 Å². The van der Waals surface area contributed by atoms with Crippen LogP contribution >= 0.6 is 0 Å². The second-order valence-electron chi connectivity index (χ2n) is 0.408. The molecule has 0 unspecified atom stereocenters. The van der Waals surface area contributed by atoms with Crippen LogP contribution < -0.4 is 0 Å². The number of hydrogen-bond donors (Lipinski definition) is 0. The fourth-order valence-corrected chi connectivity index (χ4v) is 0. The summed E-state index contributed by atoms with van der Waals surface area (Å²) in [5.41, 5.74) is 0. The number of rotatable bonds is 0. The summed E-state index contributed by atoms with van der Waals surface area (Å²) < 4.78 is 0. The van der Waals surface area contributed by atoms with Crippen molar-refractivity contribution < 1.29 is 0 Å². The van der Waals surface area contributed by atoms with E-state index in [4.69, 9.17) is 0 Å². The first-order valence-electron chi connectivity index (χ1n) is 0.816. The van der Waals surface area contributed by atoms with Crippen molar-refractivity contribution in [2.24, 2.45) is 0 Å². The molecule has 0 aromatic rings. The van der Waals surface area contributed by atoms with Gasteiger partial charge in [-0.3, -0.25) is 0 Å². The van der Waals surface area contributed by atoms with E-state index in [1.807, 2.05) is 0 Å². The molecule has 0 saturated carbocycles. The molecule has 0 radical (unpaired) electrons. The Morgan fingerprint density at radius 2 is 1.25 bits per heavy atom. The summed E-state index contributed by atoms with van der Waals surface area (Å²) in [5, 5.41) is 0. The molecule has 0 bridgehead atoms. The zero-order valence-corrected chi connectivity index (χ0v) is 4.12. The second kappa shape index (κ2) is 8.93. The average molecular weight is 117 g/mol. The Kier molecular flexibility index (Phi) is 19.9. The molecule has 0 aromatic carbocycles. The van der Waals surface area contributed by atoms with Crippen LogP contribution in [0, 0.1) is 0 Å². The van der Waals surface area contributed by atoms with Gasteiger partial charge in [0.15, 0.2) is 0 Å². The van der Waals surface area contributed by atoms with Gasteiger partial charge in [-0.2, -0.15) is 0 Å². The second-order valence-corrected chi connectivity index (χ2v) is 2.12. The normalized spacial score (nSPS) is 4.50. The Hall–Kier alpha value is 1.12. The van der Waals surface area contributed by atoms with Gasteiger partial charge in [-0.25, -0.2) is 0 Å². The molecule has 0 aliphatic carbocycles. The minimum atomic E-state index is 0. The molecule has 22 valence electrons. The molecule has 2 heteroatoms. The van der Waals surface area contributed by atoms with Gasteiger partial charge in [-0.15, -0.1) is 0 Å². The van der Waals surface area contributed by atoms with Crippen molar-refractivity contribution in [3.63, 3.8) is 0 Å². The Morgan fingerprint density at radius 3 is 1.25 bits per heavy atom. The molecular formula is C2H7LiSe. The predicted molar refractivity (Wildman–Crippen MR) is 24.6 cm³/mol. The third-order valence-electron chi connectivity index (χ3n) is 0. The van der Waals surface area contributed by atoms with Crippen LogP contribution in [0.15, 0.2) is 0 Å². The van der Waals surface area contributed by atoms with Crippen LogP contribution in [0.4, 0.5) is 0 Å². The molecule has 0 amide bonds. The average Bonchev–Trinajstić information content (AvgIpc) is 0.918. The van der Waals surface area contributed by atoms with Crippen LogP contribution in [0.2, 0.25) is 11.6 Å². The Balaban J connectivity index is 0. The maximum absolute atomic E-state index is 2.19. The van der Waals surface area contributed by atoms with E-state index in [1.165, 1.54) is 0 Å². The van der Waals surface area contributed by atoms with Crippen molar-refractivity contribution in [1.29, 1.82) is 0 Å². The summed E-state index contributed by atoms with van der Waals surface area (Å²) in [6, 6.07) is 0. The van der Waals surface area contributed by atoms with E-state index in [-0.39, 0.29) is 18.9 Å². The summed E-state index contributed by atoms with van der Waals surface area (Å²) >= 11 is 0.875. The van der Waals surface area contributed by atoms with Crippen LogP contribution in [0.3, 0.4) is 0 Å². The van der Waals surface area contributed by atoms with Crippen molar-refractivity contribution in [2.45, 2.75) is 11.6 Å². The minimum absolute atomic E-state index is 0. The Morgan fingerprint density at radius 1 is 1.25 bits per heavy atom. The molecule has 0 heterocycles. The first kappa shape index (κ1) is 8.93. The third kappa shape index (κ3) is 11.2. The van der Waals surface area contributed by atoms with E-state index < -0.39 is 0 Å². The van der Waals surface area contributed by atoms with Crippen LogP contribution in [-0.4, -0.2) is 33.8 Å². The molecule has 0 N–H and O–H groups in total. The van der Waals surface area contributed by atoms with Crippen LogP contribution in [-0.2, 0) is 0 Å². The van der Waals surface area contributed by atoms with Crippen LogP contribution in [0.25, 0.3) is 0 Å². The molecule has 0 atom stereocenters. The van der Waals surface area contributed by atoms with Crippen molar-refractivity contribution in [2.75, 3.05) is 0 Å². The van der Waals surface area contributed by atoms with Gasteiger partial charge in [0.25, 0.3) is 0 Å². The fourth-order valence-electron chi connectivity index (χ4n) is 0. The van der Waals surface area contributed by atoms with Crippen molar-refractivity contribution in [3.05, 3.63) is 0 Å². The molecule has 0 spiro atoms. The van der Waals surface area contributed by atoms with Gasteiger partial charge in [-0.1, -0.05) is 0 Å². The first-order valence-corrected chi connectivity index (χ1v) is 4.24. The first-order chi connectivity index (χ1) is 1.41. The van der Waals surface area contributed by atoms with E-state index in [2.05, 4.69) is 11.6 Å². The van der Waals surface area contributed by atoms with E-state index in [1.54, 1.807) is 0 Å². The van der Waals surface area contributed by atoms with E-state index >= 15 is 0 Å². The molecule has 0 aromatic heterocycles. The Labute approximate surface area is 45.7 Å². The summed E-state index contributed by atoms with van der Waals surface area (Å²) in [4.78, 5) is 0. The summed E-state index contributed by atoms with van der Waals surface area (Å²) in [6.45, 7) is 0. The van der Waals surface area contributed by atoms with Gasteiger partial charge in [0.05, 0.1) is 0 Å². The third-order valence-corrected chi connectivity index (χ3v) is 0. The quantitative estimate of drug-likeness (QED) is 0.396. The van der Waals surface area contributed by atoms with E-state index in [0.29, 0.717) is 0 Å². The van der Waals surface area contributed by atoms with Gasteiger partial charge in [0, 0.05) is 0 Å². The van der Waals surface area contributed by atoms with Crippen molar-refractivity contribution in [3.8, 4) is 0 Å². The monoisotopic (exact) mass is 118 g/mol. The molecule has 0 rings (SSSR count). The topological polar surface area (TPSA) is 0 Å². The molecule has 0 nitrogen and oxygen atoms in total. The van der Waals surface area contributed by atoms with Gasteiger partial charge < -0.3 is 0 Å². The van der Waals surface area contributed by atoms with E-state index in [0.717, 1.165) is 15.0 Å². The predicted octanol–water partition coefficient (Wildman–Crippen LogP) is 0.138. The van der Waals surface area contributed by atoms with E-state index in [9.17, 15) is 0 Å². The summed E-state index contributed by atoms with van der Waals surface area (Å²) in [7, 11) is 0. The molecular weight excluding hydrogens is 110 g/mol. The van der Waals surface area contributed by atoms with Crippen molar-refractivity contribution in [1.82, 2.24) is 0 Å². The fraction of sp³-hybridized carbons (Fsp3) is 1.00. The molecule has 0 saturated heterocycles. The van der Waals surface area contributed by atoms with Gasteiger partial charge in [0.1, 0.15) is 0 Å². The Bertz CT molecular complexity index is 6.00. The molecule has 0 aliphatic heterocycles. The zero-order valence-electron chi connectivity index (χ0n) is 2.41. The number of hydrogen-bond acceptors (Lipinski definition) is 0. The van der Waals surface area contributed by atoms with Crippen molar-refractivity contribution >= 4 is 33.8 Å². The molecule has 4 heavy (non-hydrogen) atoms. The molecule has 0 aliphatic rings. The zero-order chi connectivity index (χ0) is 2.71. The standard InChI is InChI=1S/C2H6Se.Li.H/c1-3-2;;/h1-2H3;;. The summed E-state index contributed by atoms with van der Waals surface area (Å²) in [6.07, 6.45) is 0. The van der Waals surface area contributed by atoms with Crippen LogP contribution in [0.5, 0.6) is 0 Å². The van der Waals surface area contributed by atoms with Gasteiger partial charge >= 0.3 is 45.5 Å². The summed E-state index contributed by atoms with van der Waals surface area (Å²) in [5.74, 6) is 4.38. The van der Waals surface area contributed by atoms with Gasteiger partial charge in [0.2, 0.25) is 0 Å². The SMILES string of the molecule is C[Se]C.[LiH]. The van der Waals surface area contributed by atoms with Gasteiger partial charge in [-0.05, 0) is 0 Å². The molecule has 0 fully saturated rings. The maximum atomic E-state index is 2.19.